The van der Waals surface area contributed by atoms with E-state index < -0.39 is 14.9 Å². The molecule has 0 atom stereocenters. The van der Waals surface area contributed by atoms with Gasteiger partial charge in [0.05, 0.1) is 9.82 Å². The lowest BCUT2D eigenvalue weighted by molar-refractivity contribution is -0.384. The Morgan fingerprint density at radius 1 is 1.04 bits per heavy atom. The molecule has 7 nitrogen and oxygen atoms in total. The van der Waals surface area contributed by atoms with Gasteiger partial charge >= 0.3 is 0 Å². The highest BCUT2D eigenvalue weighted by Crippen LogP contribution is 2.18. The second kappa shape index (κ2) is 7.89. The third-order valence-corrected chi connectivity index (χ3v) is 4.93. The van der Waals surface area contributed by atoms with Crippen molar-refractivity contribution in [3.63, 3.8) is 0 Å². The van der Waals surface area contributed by atoms with Gasteiger partial charge in [-0.2, -0.15) is 8.42 Å². The molecule has 0 aliphatic carbocycles. The van der Waals surface area contributed by atoms with Crippen molar-refractivity contribution in [1.29, 1.82) is 0 Å². The normalized spacial score (nSPS) is 12.0. The van der Waals surface area contributed by atoms with E-state index in [1.54, 1.807) is 23.1 Å². The molecular weight excluding hydrogens is 342 g/mol. The standard InChI is InChI=1S/C17H19N3O4S/c1-3-19(4-2)17(14-10-12-15(13-11-14)20(21)22)18-25(23,24)16-8-6-5-7-9-16/h5-13H,3-4H2,1-2H3/b18-17-. The summed E-state index contributed by atoms with van der Waals surface area (Å²) in [5.41, 5.74) is 0.447. The highest BCUT2D eigenvalue weighted by atomic mass is 32.2. The van der Waals surface area contributed by atoms with Crippen LogP contribution in [0.5, 0.6) is 0 Å². The van der Waals surface area contributed by atoms with Crippen molar-refractivity contribution in [1.82, 2.24) is 4.90 Å². The van der Waals surface area contributed by atoms with E-state index in [1.807, 2.05) is 13.8 Å². The number of rotatable bonds is 6. The van der Waals surface area contributed by atoms with Crippen LogP contribution in [0.1, 0.15) is 19.4 Å². The largest absolute Gasteiger partial charge is 0.356 e. The van der Waals surface area contributed by atoms with Crippen molar-refractivity contribution in [2.75, 3.05) is 13.1 Å². The molecule has 0 unspecified atom stereocenters. The minimum atomic E-state index is -3.89. The van der Waals surface area contributed by atoms with Gasteiger partial charge in [-0.3, -0.25) is 10.1 Å². The Kier molecular flexibility index (Phi) is 5.87. The summed E-state index contributed by atoms with van der Waals surface area (Å²) in [4.78, 5) is 12.2. The zero-order chi connectivity index (χ0) is 18.4. The third-order valence-electron chi connectivity index (χ3n) is 3.65. The molecule has 0 spiro atoms. The highest BCUT2D eigenvalue weighted by Gasteiger charge is 2.19. The Morgan fingerprint density at radius 3 is 2.08 bits per heavy atom. The molecule has 2 aromatic carbocycles. The predicted octanol–water partition coefficient (Wildman–Crippen LogP) is 3.07. The molecule has 0 amide bonds. The van der Waals surface area contributed by atoms with Gasteiger partial charge in [-0.15, -0.1) is 4.40 Å². The van der Waals surface area contributed by atoms with Gasteiger partial charge in [-0.1, -0.05) is 18.2 Å². The van der Waals surface area contributed by atoms with E-state index in [4.69, 9.17) is 0 Å². The lowest BCUT2D eigenvalue weighted by Crippen LogP contribution is -2.32. The van der Waals surface area contributed by atoms with Gasteiger partial charge in [0.25, 0.3) is 15.7 Å². The zero-order valence-corrected chi connectivity index (χ0v) is 14.8. The van der Waals surface area contributed by atoms with Gasteiger partial charge in [-0.05, 0) is 38.1 Å². The molecule has 0 radical (unpaired) electrons. The Bertz CT molecular complexity index is 859. The van der Waals surface area contributed by atoms with Crippen LogP contribution >= 0.6 is 0 Å². The van der Waals surface area contributed by atoms with Crippen molar-refractivity contribution < 1.29 is 13.3 Å². The van der Waals surface area contributed by atoms with Crippen LogP contribution in [0.4, 0.5) is 5.69 Å². The number of hydrogen-bond acceptors (Lipinski definition) is 4. The summed E-state index contributed by atoms with van der Waals surface area (Å²) < 4.78 is 29.2. The minimum Gasteiger partial charge on any atom is -0.356 e. The number of hydrogen-bond donors (Lipinski definition) is 0. The Balaban J connectivity index is 2.55. The van der Waals surface area contributed by atoms with Crippen LogP contribution in [0.2, 0.25) is 0 Å². The maximum atomic E-state index is 12.6. The molecule has 2 rings (SSSR count). The lowest BCUT2D eigenvalue weighted by atomic mass is 10.1. The lowest BCUT2D eigenvalue weighted by Gasteiger charge is -2.23. The maximum Gasteiger partial charge on any atom is 0.284 e. The number of amidine groups is 1. The molecule has 0 saturated carbocycles. The Morgan fingerprint density at radius 2 is 1.60 bits per heavy atom. The topological polar surface area (TPSA) is 92.9 Å². The molecule has 25 heavy (non-hydrogen) atoms. The van der Waals surface area contributed by atoms with Crippen LogP contribution in [0.3, 0.4) is 0 Å². The first-order chi connectivity index (χ1) is 11.9. The number of nitrogens with zero attached hydrogens (tertiary/aromatic N) is 3. The molecule has 0 aromatic heterocycles. The van der Waals surface area contributed by atoms with E-state index in [0.29, 0.717) is 18.7 Å². The Hall–Kier alpha value is -2.74. The molecule has 0 fully saturated rings. The second-order valence-corrected chi connectivity index (χ2v) is 6.78. The quantitative estimate of drug-likeness (QED) is 0.341. The van der Waals surface area contributed by atoms with Gasteiger partial charge in [0.15, 0.2) is 0 Å². The summed E-state index contributed by atoms with van der Waals surface area (Å²) in [6.07, 6.45) is 0. The number of non-ortho nitro benzene ring substituents is 1. The van der Waals surface area contributed by atoms with Crippen LogP contribution in [-0.2, 0) is 10.0 Å². The fourth-order valence-electron chi connectivity index (χ4n) is 2.31. The molecule has 0 bridgehead atoms. The molecule has 0 aliphatic rings. The fourth-order valence-corrected chi connectivity index (χ4v) is 3.36. The van der Waals surface area contributed by atoms with Crippen molar-refractivity contribution in [3.05, 3.63) is 70.3 Å². The van der Waals surface area contributed by atoms with Crippen molar-refractivity contribution in [2.45, 2.75) is 18.7 Å². The smallest absolute Gasteiger partial charge is 0.284 e. The Labute approximate surface area is 146 Å². The van der Waals surface area contributed by atoms with E-state index >= 15 is 0 Å². The average molecular weight is 361 g/mol. The molecule has 132 valence electrons. The first-order valence-corrected chi connectivity index (χ1v) is 9.22. The molecular formula is C17H19N3O4S. The molecule has 8 heteroatoms. The number of sulfonamides is 1. The van der Waals surface area contributed by atoms with Crippen LogP contribution in [0.25, 0.3) is 0 Å². The molecule has 0 saturated heterocycles. The van der Waals surface area contributed by atoms with Gasteiger partial charge in [-0.25, -0.2) is 0 Å². The zero-order valence-electron chi connectivity index (χ0n) is 14.0. The van der Waals surface area contributed by atoms with Crippen LogP contribution in [0.15, 0.2) is 63.9 Å². The summed E-state index contributed by atoms with van der Waals surface area (Å²) in [5, 5.41) is 10.8. The summed E-state index contributed by atoms with van der Waals surface area (Å²) in [7, 11) is -3.89. The van der Waals surface area contributed by atoms with Crippen molar-refractivity contribution in [3.8, 4) is 0 Å². The summed E-state index contributed by atoms with van der Waals surface area (Å²) in [5.74, 6) is 0.267. The van der Waals surface area contributed by atoms with Gasteiger partial charge in [0.1, 0.15) is 5.84 Å². The van der Waals surface area contributed by atoms with Crippen molar-refractivity contribution in [2.24, 2.45) is 4.40 Å². The second-order valence-electron chi connectivity index (χ2n) is 5.18. The monoisotopic (exact) mass is 361 g/mol. The summed E-state index contributed by atoms with van der Waals surface area (Å²) in [6, 6.07) is 13.6. The molecule has 0 heterocycles. The SMILES string of the molecule is CCN(CC)/C(=N\S(=O)(=O)c1ccccc1)c1ccc([N+](=O)[O-])cc1. The summed E-state index contributed by atoms with van der Waals surface area (Å²) in [6.45, 7) is 4.88. The van der Waals surface area contributed by atoms with E-state index in [1.165, 1.54) is 36.4 Å². The summed E-state index contributed by atoms with van der Waals surface area (Å²) >= 11 is 0. The molecule has 2 aromatic rings. The van der Waals surface area contributed by atoms with E-state index in [9.17, 15) is 18.5 Å². The van der Waals surface area contributed by atoms with Gasteiger partial charge in [0.2, 0.25) is 0 Å². The predicted molar refractivity (Wildman–Crippen MR) is 96.2 cm³/mol. The van der Waals surface area contributed by atoms with Crippen LogP contribution in [-0.4, -0.2) is 37.2 Å². The van der Waals surface area contributed by atoms with E-state index in [0.717, 1.165) is 0 Å². The fraction of sp³-hybridized carbons (Fsp3) is 0.235. The highest BCUT2D eigenvalue weighted by molar-refractivity contribution is 7.90. The number of nitro groups is 1. The van der Waals surface area contributed by atoms with Crippen molar-refractivity contribution >= 4 is 21.5 Å². The third kappa shape index (κ3) is 4.42. The number of benzene rings is 2. The van der Waals surface area contributed by atoms with Gasteiger partial charge < -0.3 is 4.90 Å². The van der Waals surface area contributed by atoms with E-state index in [-0.39, 0.29) is 16.4 Å². The minimum absolute atomic E-state index is 0.0615. The first-order valence-electron chi connectivity index (χ1n) is 7.78. The average Bonchev–Trinajstić information content (AvgIpc) is 2.62. The molecule has 0 aliphatic heterocycles. The maximum absolute atomic E-state index is 12.6. The number of nitro benzene ring substituents is 1. The first kappa shape index (κ1) is 18.6. The van der Waals surface area contributed by atoms with E-state index in [2.05, 4.69) is 4.40 Å². The van der Waals surface area contributed by atoms with Crippen LogP contribution < -0.4 is 0 Å². The van der Waals surface area contributed by atoms with Crippen LogP contribution in [0, 0.1) is 10.1 Å². The molecule has 0 N–H and O–H groups in total. The van der Waals surface area contributed by atoms with Gasteiger partial charge in [0, 0.05) is 30.8 Å².